The number of guanidine groups is 1. The van der Waals surface area contributed by atoms with Gasteiger partial charge in [-0.2, -0.15) is 0 Å². The maximum absolute atomic E-state index is 10.5. The Morgan fingerprint density at radius 3 is 2.74 bits per heavy atom. The van der Waals surface area contributed by atoms with Crippen LogP contribution in [0.2, 0.25) is 0 Å². The lowest BCUT2D eigenvalue weighted by molar-refractivity contribution is -0.0594. The molecule has 2 heterocycles. The molecule has 7 nitrogen and oxygen atoms in total. The minimum atomic E-state index is -0.731. The first-order chi connectivity index (χ1) is 11.0. The second kappa shape index (κ2) is 8.31. The summed E-state index contributed by atoms with van der Waals surface area (Å²) in [5, 5.41) is 20.9. The highest BCUT2D eigenvalue weighted by molar-refractivity contribution is 5.79. The van der Waals surface area contributed by atoms with Crippen LogP contribution in [0.1, 0.15) is 51.0 Å². The van der Waals surface area contributed by atoms with Gasteiger partial charge in [0.1, 0.15) is 6.54 Å². The van der Waals surface area contributed by atoms with Crippen LogP contribution in [0.25, 0.3) is 0 Å². The molecule has 0 unspecified atom stereocenters. The zero-order chi connectivity index (χ0) is 16.7. The van der Waals surface area contributed by atoms with Crippen LogP contribution in [0.3, 0.4) is 0 Å². The van der Waals surface area contributed by atoms with E-state index in [1.165, 1.54) is 0 Å². The third-order valence-corrected chi connectivity index (χ3v) is 3.91. The Morgan fingerprint density at radius 1 is 1.39 bits per heavy atom. The van der Waals surface area contributed by atoms with Crippen molar-refractivity contribution < 1.29 is 14.4 Å². The molecule has 0 spiro atoms. The summed E-state index contributed by atoms with van der Waals surface area (Å²) >= 11 is 0. The molecule has 0 atom stereocenters. The Kier molecular flexibility index (Phi) is 6.41. The van der Waals surface area contributed by atoms with Crippen LogP contribution < -0.4 is 10.6 Å². The van der Waals surface area contributed by atoms with Crippen molar-refractivity contribution in [2.24, 2.45) is 4.99 Å². The van der Waals surface area contributed by atoms with Crippen LogP contribution in [0, 0.1) is 0 Å². The molecule has 1 fully saturated rings. The van der Waals surface area contributed by atoms with E-state index in [0.29, 0.717) is 51.0 Å². The van der Waals surface area contributed by atoms with Crippen molar-refractivity contribution >= 4 is 5.96 Å². The first-order valence-corrected chi connectivity index (χ1v) is 8.30. The van der Waals surface area contributed by atoms with Crippen molar-refractivity contribution in [3.8, 4) is 0 Å². The summed E-state index contributed by atoms with van der Waals surface area (Å²) in [5.74, 6) is 1.73. The van der Waals surface area contributed by atoms with Crippen LogP contribution in [-0.4, -0.2) is 48.1 Å². The van der Waals surface area contributed by atoms with Gasteiger partial charge in [0.2, 0.25) is 0 Å². The summed E-state index contributed by atoms with van der Waals surface area (Å²) < 4.78 is 10.6. The molecule has 1 aromatic rings. The van der Waals surface area contributed by atoms with E-state index in [1.54, 1.807) is 0 Å². The molecule has 0 amide bonds. The van der Waals surface area contributed by atoms with Crippen molar-refractivity contribution in [3.63, 3.8) is 0 Å². The molecule has 1 aromatic heterocycles. The SMILES string of the molecule is CCNC(=NCc1cc(C(C)C)no1)NCC1(O)CCOCC1. The molecule has 3 N–H and O–H groups in total. The van der Waals surface area contributed by atoms with E-state index in [2.05, 4.69) is 34.6 Å². The Morgan fingerprint density at radius 2 is 2.13 bits per heavy atom. The molecule has 2 rings (SSSR count). The number of aromatic nitrogens is 1. The number of rotatable bonds is 6. The largest absolute Gasteiger partial charge is 0.388 e. The predicted octanol–water partition coefficient (Wildman–Crippen LogP) is 1.39. The number of nitrogens with zero attached hydrogens (tertiary/aromatic N) is 2. The Labute approximate surface area is 137 Å². The van der Waals surface area contributed by atoms with E-state index >= 15 is 0 Å². The second-order valence-corrected chi connectivity index (χ2v) is 6.26. The third kappa shape index (κ3) is 5.51. The minimum Gasteiger partial charge on any atom is -0.388 e. The zero-order valence-corrected chi connectivity index (χ0v) is 14.3. The fourth-order valence-corrected chi connectivity index (χ4v) is 2.35. The maximum atomic E-state index is 10.5. The van der Waals surface area contributed by atoms with Gasteiger partial charge in [-0.3, -0.25) is 0 Å². The summed E-state index contributed by atoms with van der Waals surface area (Å²) in [5.41, 5.74) is 0.204. The number of hydrogen-bond donors (Lipinski definition) is 3. The molecule has 0 aromatic carbocycles. The highest BCUT2D eigenvalue weighted by Gasteiger charge is 2.29. The van der Waals surface area contributed by atoms with Crippen molar-refractivity contribution in [1.82, 2.24) is 15.8 Å². The molecule has 1 saturated heterocycles. The highest BCUT2D eigenvalue weighted by atomic mass is 16.5. The Balaban J connectivity index is 1.90. The van der Waals surface area contributed by atoms with Gasteiger partial charge in [-0.05, 0) is 12.8 Å². The molecule has 0 radical (unpaired) electrons. The van der Waals surface area contributed by atoms with Crippen LogP contribution in [-0.2, 0) is 11.3 Å². The van der Waals surface area contributed by atoms with Crippen LogP contribution in [0.15, 0.2) is 15.6 Å². The molecule has 1 aliphatic rings. The van der Waals surface area contributed by atoms with Crippen molar-refractivity contribution in [3.05, 3.63) is 17.5 Å². The summed E-state index contributed by atoms with van der Waals surface area (Å²) in [7, 11) is 0. The van der Waals surface area contributed by atoms with Crippen molar-refractivity contribution in [2.45, 2.75) is 51.7 Å². The molecule has 0 aliphatic carbocycles. The fraction of sp³-hybridized carbons (Fsp3) is 0.750. The average molecular weight is 324 g/mol. The monoisotopic (exact) mass is 324 g/mol. The first kappa shape index (κ1) is 17.7. The van der Waals surface area contributed by atoms with Gasteiger partial charge in [-0.1, -0.05) is 19.0 Å². The minimum absolute atomic E-state index is 0.339. The lowest BCUT2D eigenvalue weighted by Crippen LogP contribution is -2.49. The molecule has 130 valence electrons. The average Bonchev–Trinajstić information content (AvgIpc) is 3.00. The predicted molar refractivity (Wildman–Crippen MR) is 88.4 cm³/mol. The smallest absolute Gasteiger partial charge is 0.191 e. The summed E-state index contributed by atoms with van der Waals surface area (Å²) in [6, 6.07) is 1.93. The Bertz CT molecular complexity index is 507. The zero-order valence-electron chi connectivity index (χ0n) is 14.3. The lowest BCUT2D eigenvalue weighted by Gasteiger charge is -2.32. The molecule has 0 saturated carbocycles. The quantitative estimate of drug-likeness (QED) is 0.541. The Hall–Kier alpha value is -1.60. The van der Waals surface area contributed by atoms with Gasteiger partial charge in [0.05, 0.1) is 11.3 Å². The van der Waals surface area contributed by atoms with Gasteiger partial charge in [-0.25, -0.2) is 4.99 Å². The molecular weight excluding hydrogens is 296 g/mol. The molecule has 23 heavy (non-hydrogen) atoms. The fourth-order valence-electron chi connectivity index (χ4n) is 2.35. The van der Waals surface area contributed by atoms with E-state index in [0.717, 1.165) is 18.0 Å². The van der Waals surface area contributed by atoms with Crippen LogP contribution in [0.5, 0.6) is 0 Å². The van der Waals surface area contributed by atoms with E-state index in [-0.39, 0.29) is 0 Å². The molecule has 0 bridgehead atoms. The molecule has 1 aliphatic heterocycles. The van der Waals surface area contributed by atoms with Gasteiger partial charge in [0.25, 0.3) is 0 Å². The van der Waals surface area contributed by atoms with Crippen molar-refractivity contribution in [1.29, 1.82) is 0 Å². The van der Waals surface area contributed by atoms with E-state index < -0.39 is 5.60 Å². The maximum Gasteiger partial charge on any atom is 0.191 e. The van der Waals surface area contributed by atoms with Crippen molar-refractivity contribution in [2.75, 3.05) is 26.3 Å². The number of aliphatic imine (C=N–C) groups is 1. The van der Waals surface area contributed by atoms with Gasteiger partial charge in [0, 0.05) is 45.2 Å². The van der Waals surface area contributed by atoms with E-state index in [1.807, 2.05) is 13.0 Å². The van der Waals surface area contributed by atoms with Crippen LogP contribution >= 0.6 is 0 Å². The molecular formula is C16H28N4O3. The second-order valence-electron chi connectivity index (χ2n) is 6.26. The molecule has 7 heteroatoms. The van der Waals surface area contributed by atoms with Gasteiger partial charge in [0.15, 0.2) is 11.7 Å². The number of ether oxygens (including phenoxy) is 1. The number of hydrogen-bond acceptors (Lipinski definition) is 5. The third-order valence-electron chi connectivity index (χ3n) is 3.91. The normalized spacial score (nSPS) is 18.2. The number of nitrogens with one attached hydrogen (secondary N) is 2. The van der Waals surface area contributed by atoms with Gasteiger partial charge < -0.3 is 25.0 Å². The number of aliphatic hydroxyl groups is 1. The van der Waals surface area contributed by atoms with E-state index in [9.17, 15) is 5.11 Å². The topological polar surface area (TPSA) is 91.9 Å². The summed E-state index contributed by atoms with van der Waals surface area (Å²) in [4.78, 5) is 4.49. The van der Waals surface area contributed by atoms with E-state index in [4.69, 9.17) is 9.26 Å². The van der Waals surface area contributed by atoms with Gasteiger partial charge in [-0.15, -0.1) is 0 Å². The first-order valence-electron chi connectivity index (χ1n) is 8.30. The summed E-state index contributed by atoms with van der Waals surface area (Å²) in [6.07, 6.45) is 1.28. The standard InChI is InChI=1S/C16H28N4O3/c1-4-17-15(19-11-16(21)5-7-22-8-6-16)18-10-13-9-14(12(2)3)20-23-13/h9,12,21H,4-8,10-11H2,1-3H3,(H2,17,18,19). The van der Waals surface area contributed by atoms with Crippen LogP contribution in [0.4, 0.5) is 0 Å². The van der Waals surface area contributed by atoms with Gasteiger partial charge >= 0.3 is 0 Å². The summed E-state index contributed by atoms with van der Waals surface area (Å²) in [6.45, 7) is 8.97. The lowest BCUT2D eigenvalue weighted by atomic mass is 9.94. The highest BCUT2D eigenvalue weighted by Crippen LogP contribution is 2.19.